The van der Waals surface area contributed by atoms with Gasteiger partial charge >= 0.3 is 0 Å². The minimum Gasteiger partial charge on any atom is -0.493 e. The predicted octanol–water partition coefficient (Wildman–Crippen LogP) is 4.23. The lowest BCUT2D eigenvalue weighted by Crippen LogP contribution is -2.38. The van der Waals surface area contributed by atoms with Crippen molar-refractivity contribution in [1.82, 2.24) is 35.1 Å². The number of nitrogens with one attached hydrogen (secondary N) is 2. The lowest BCUT2D eigenvalue weighted by atomic mass is 9.96. The summed E-state index contributed by atoms with van der Waals surface area (Å²) in [5, 5.41) is 17.0. The van der Waals surface area contributed by atoms with Crippen molar-refractivity contribution in [1.29, 1.82) is 0 Å². The second-order valence-corrected chi connectivity index (χ2v) is 10.1. The van der Waals surface area contributed by atoms with Crippen LogP contribution in [0, 0.1) is 0 Å². The van der Waals surface area contributed by atoms with Gasteiger partial charge in [-0.25, -0.2) is 14.5 Å². The van der Waals surface area contributed by atoms with E-state index in [9.17, 15) is 0 Å². The Hall–Kier alpha value is -2.78. The molecule has 4 aromatic heterocycles. The zero-order valence-electron chi connectivity index (χ0n) is 19.1. The molecule has 0 bridgehead atoms. The van der Waals surface area contributed by atoms with Crippen LogP contribution in [0.3, 0.4) is 0 Å². The third-order valence-corrected chi connectivity index (χ3v) is 7.08. The molecule has 8 nitrogen and oxygen atoms in total. The van der Waals surface area contributed by atoms with E-state index in [-0.39, 0.29) is 5.92 Å². The summed E-state index contributed by atoms with van der Waals surface area (Å²) in [7, 11) is 1.65. The highest BCUT2D eigenvalue weighted by Crippen LogP contribution is 2.40. The topological polar surface area (TPSA) is 93.0 Å². The monoisotopic (exact) mass is 451 g/mol. The fourth-order valence-electron chi connectivity index (χ4n) is 4.57. The molecular weight excluding hydrogens is 422 g/mol. The first-order valence-corrected chi connectivity index (χ1v) is 12.0. The molecule has 0 radical (unpaired) electrons. The molecule has 5 rings (SSSR count). The average Bonchev–Trinajstić information content (AvgIpc) is 3.48. The summed E-state index contributed by atoms with van der Waals surface area (Å²) in [4.78, 5) is 10.7. The Kier molecular flexibility index (Phi) is 5.46. The second-order valence-electron chi connectivity index (χ2n) is 8.99. The smallest absolute Gasteiger partial charge is 0.197 e. The molecule has 1 aliphatic rings. The molecule has 0 spiro atoms. The third-order valence-electron chi connectivity index (χ3n) is 5.94. The first-order valence-electron chi connectivity index (χ1n) is 11.2. The van der Waals surface area contributed by atoms with Crippen LogP contribution in [-0.4, -0.2) is 49.0 Å². The quantitative estimate of drug-likeness (QED) is 0.456. The van der Waals surface area contributed by atoms with Gasteiger partial charge < -0.3 is 10.1 Å². The van der Waals surface area contributed by atoms with Gasteiger partial charge in [0.05, 0.1) is 24.2 Å². The normalized spacial score (nSPS) is 16.3. The Balaban J connectivity index is 1.55. The molecule has 4 aromatic rings. The van der Waals surface area contributed by atoms with Gasteiger partial charge in [-0.05, 0) is 31.2 Å². The fraction of sp³-hybridized carbons (Fsp3) is 0.478. The summed E-state index contributed by atoms with van der Waals surface area (Å²) in [6.07, 6.45) is 6.68. The zero-order valence-corrected chi connectivity index (χ0v) is 20.0. The zero-order chi connectivity index (χ0) is 22.4. The highest BCUT2D eigenvalue weighted by atomic mass is 32.1. The highest BCUT2D eigenvalue weighted by molar-refractivity contribution is 7.15. The summed E-state index contributed by atoms with van der Waals surface area (Å²) in [5.41, 5.74) is 5.94. The molecule has 1 atom stereocenters. The number of thiazole rings is 1. The lowest BCUT2D eigenvalue weighted by Gasteiger charge is -2.24. The van der Waals surface area contributed by atoms with Gasteiger partial charge in [0.2, 0.25) is 0 Å². The molecule has 32 heavy (non-hydrogen) atoms. The molecule has 0 amide bonds. The first kappa shape index (κ1) is 21.1. The molecule has 4 heterocycles. The van der Waals surface area contributed by atoms with Crippen LogP contribution in [0.5, 0.6) is 5.75 Å². The van der Waals surface area contributed by atoms with Crippen molar-refractivity contribution in [2.75, 3.05) is 7.11 Å². The van der Waals surface area contributed by atoms with Crippen LogP contribution in [-0.2, 0) is 12.8 Å². The standard InChI is InChI=1S/C23H29N7OS/c1-12(2)19-20(14-8-17(31-5)22-24-11-25-30(22)10-14)28-29-21(19)23-27-16-7-6-15(26-13(3)4)9-18(16)32-23/h8,10-13,15,26H,6-7,9H2,1-5H3,(H,28,29). The Morgan fingerprint density at radius 3 is 2.88 bits per heavy atom. The van der Waals surface area contributed by atoms with Crippen LogP contribution in [0.1, 0.15) is 56.2 Å². The number of nitrogens with zero attached hydrogens (tertiary/aromatic N) is 5. The van der Waals surface area contributed by atoms with Gasteiger partial charge in [0.15, 0.2) is 11.4 Å². The van der Waals surface area contributed by atoms with E-state index in [1.165, 1.54) is 16.9 Å². The molecule has 2 N–H and O–H groups in total. The van der Waals surface area contributed by atoms with Crippen LogP contribution in [0.4, 0.5) is 0 Å². The van der Waals surface area contributed by atoms with Crippen LogP contribution in [0.2, 0.25) is 0 Å². The van der Waals surface area contributed by atoms with Crippen LogP contribution in [0.25, 0.3) is 27.6 Å². The number of ether oxygens (including phenoxy) is 1. The SMILES string of the molecule is COc1cc(-c2n[nH]c(-c3nc4c(s3)CC(NC(C)C)CC4)c2C(C)C)cn2ncnc12. The third kappa shape index (κ3) is 3.69. The maximum atomic E-state index is 5.55. The number of hydrogen-bond acceptors (Lipinski definition) is 7. The van der Waals surface area contributed by atoms with E-state index in [4.69, 9.17) is 14.8 Å². The van der Waals surface area contributed by atoms with Crippen LogP contribution >= 0.6 is 11.3 Å². The second kappa shape index (κ2) is 8.29. The van der Waals surface area contributed by atoms with Gasteiger partial charge in [-0.3, -0.25) is 5.10 Å². The van der Waals surface area contributed by atoms with Crippen molar-refractivity contribution >= 4 is 17.0 Å². The van der Waals surface area contributed by atoms with Crippen molar-refractivity contribution < 1.29 is 4.74 Å². The molecule has 1 unspecified atom stereocenters. The largest absolute Gasteiger partial charge is 0.493 e. The number of aryl methyl sites for hydroxylation is 1. The predicted molar refractivity (Wildman–Crippen MR) is 126 cm³/mol. The van der Waals surface area contributed by atoms with Crippen molar-refractivity contribution in [3.05, 3.63) is 34.7 Å². The van der Waals surface area contributed by atoms with Gasteiger partial charge in [0.25, 0.3) is 0 Å². The van der Waals surface area contributed by atoms with Crippen molar-refractivity contribution in [2.24, 2.45) is 0 Å². The number of aromatic amines is 1. The van der Waals surface area contributed by atoms with Crippen LogP contribution in [0.15, 0.2) is 18.6 Å². The average molecular weight is 452 g/mol. The summed E-state index contributed by atoms with van der Waals surface area (Å²) in [6, 6.07) is 3.00. The summed E-state index contributed by atoms with van der Waals surface area (Å²) in [5.74, 6) is 0.945. The maximum absolute atomic E-state index is 5.55. The Labute approximate surface area is 191 Å². The molecule has 0 fully saturated rings. The first-order chi connectivity index (χ1) is 15.4. The van der Waals surface area contributed by atoms with Crippen LogP contribution < -0.4 is 10.1 Å². The fourth-order valence-corrected chi connectivity index (χ4v) is 5.76. The number of hydrogen-bond donors (Lipinski definition) is 2. The van der Waals surface area contributed by atoms with E-state index in [1.54, 1.807) is 23.0 Å². The Bertz CT molecular complexity index is 1250. The number of fused-ring (bicyclic) bond motifs is 2. The minimum atomic E-state index is 0.271. The number of methoxy groups -OCH3 is 1. The van der Waals surface area contributed by atoms with Gasteiger partial charge in [-0.15, -0.1) is 11.3 Å². The maximum Gasteiger partial charge on any atom is 0.197 e. The molecule has 0 aliphatic heterocycles. The van der Waals surface area contributed by atoms with Gasteiger partial charge in [-0.1, -0.05) is 27.7 Å². The summed E-state index contributed by atoms with van der Waals surface area (Å²) < 4.78 is 7.29. The van der Waals surface area contributed by atoms with Crippen molar-refractivity contribution in [3.63, 3.8) is 0 Å². The lowest BCUT2D eigenvalue weighted by molar-refractivity contribution is 0.416. The Morgan fingerprint density at radius 1 is 1.28 bits per heavy atom. The summed E-state index contributed by atoms with van der Waals surface area (Å²) in [6.45, 7) is 8.80. The van der Waals surface area contributed by atoms with E-state index >= 15 is 0 Å². The van der Waals surface area contributed by atoms with E-state index in [0.717, 1.165) is 46.8 Å². The summed E-state index contributed by atoms with van der Waals surface area (Å²) >= 11 is 1.80. The molecule has 1 aliphatic carbocycles. The molecule has 0 aromatic carbocycles. The number of H-pyrrole nitrogens is 1. The van der Waals surface area contributed by atoms with Gasteiger partial charge in [-0.2, -0.15) is 10.2 Å². The molecule has 9 heteroatoms. The van der Waals surface area contributed by atoms with E-state index in [1.807, 2.05) is 12.3 Å². The number of rotatable bonds is 6. The minimum absolute atomic E-state index is 0.271. The number of aromatic nitrogens is 6. The highest BCUT2D eigenvalue weighted by Gasteiger charge is 2.27. The van der Waals surface area contributed by atoms with E-state index < -0.39 is 0 Å². The van der Waals surface area contributed by atoms with Crippen molar-refractivity contribution in [2.45, 2.75) is 65.0 Å². The van der Waals surface area contributed by atoms with Crippen molar-refractivity contribution in [3.8, 4) is 27.7 Å². The molecule has 168 valence electrons. The molecule has 0 saturated heterocycles. The molecular formula is C23H29N7OS. The number of pyridine rings is 1. The van der Waals surface area contributed by atoms with E-state index in [2.05, 4.69) is 48.2 Å². The Morgan fingerprint density at radius 2 is 2.12 bits per heavy atom. The van der Waals surface area contributed by atoms with E-state index in [0.29, 0.717) is 23.5 Å². The van der Waals surface area contributed by atoms with Gasteiger partial charge in [0, 0.05) is 34.3 Å². The van der Waals surface area contributed by atoms with Gasteiger partial charge in [0.1, 0.15) is 11.3 Å². The molecule has 0 saturated carbocycles.